The first-order valence-electron chi connectivity index (χ1n) is 3.89. The Morgan fingerprint density at radius 3 is 2.40 bits per heavy atom. The summed E-state index contributed by atoms with van der Waals surface area (Å²) in [5, 5.41) is 0. The standard InChI is InChI=1S/C10H14.H2/c1-3-9(2)10-7-5-4-6-8-10;/h4-9H,3H2,1-2H3;1H. The molecule has 0 spiro atoms. The molecule has 56 valence electrons. The van der Waals surface area contributed by atoms with Crippen molar-refractivity contribution in [3.8, 4) is 0 Å². The molecule has 0 aliphatic rings. The van der Waals surface area contributed by atoms with E-state index in [1.807, 2.05) is 0 Å². The molecule has 0 N–H and O–H groups in total. The normalized spacial score (nSPS) is 13.0. The second-order valence-electron chi connectivity index (χ2n) is 2.72. The van der Waals surface area contributed by atoms with Gasteiger partial charge in [-0.1, -0.05) is 44.2 Å². The second kappa shape index (κ2) is 3.40. The molecule has 1 atom stereocenters. The van der Waals surface area contributed by atoms with Crippen molar-refractivity contribution < 1.29 is 1.43 Å². The molecule has 1 unspecified atom stereocenters. The smallest absolute Gasteiger partial charge is 0 e. The lowest BCUT2D eigenvalue weighted by Gasteiger charge is -2.06. The molecule has 0 fully saturated rings. The first kappa shape index (κ1) is 7.33. The molecule has 0 amide bonds. The molecule has 0 heterocycles. The fourth-order valence-corrected chi connectivity index (χ4v) is 1.02. The average molecular weight is 136 g/mol. The Balaban J connectivity index is 0.000001000. The van der Waals surface area contributed by atoms with Crippen molar-refractivity contribution in [1.29, 1.82) is 0 Å². The summed E-state index contributed by atoms with van der Waals surface area (Å²) in [4.78, 5) is 0. The summed E-state index contributed by atoms with van der Waals surface area (Å²) >= 11 is 0. The van der Waals surface area contributed by atoms with E-state index in [0.717, 1.165) is 0 Å². The maximum atomic E-state index is 2.26. The van der Waals surface area contributed by atoms with E-state index in [4.69, 9.17) is 0 Å². The number of rotatable bonds is 2. The zero-order valence-corrected chi connectivity index (χ0v) is 6.67. The first-order valence-corrected chi connectivity index (χ1v) is 3.89. The Bertz CT molecular complexity index is 181. The van der Waals surface area contributed by atoms with Crippen molar-refractivity contribution in [2.45, 2.75) is 26.2 Å². The topological polar surface area (TPSA) is 0 Å². The predicted molar refractivity (Wildman–Crippen MR) is 47.3 cm³/mol. The quantitative estimate of drug-likeness (QED) is 0.584. The monoisotopic (exact) mass is 136 g/mol. The van der Waals surface area contributed by atoms with E-state index in [1.54, 1.807) is 0 Å². The molecule has 0 aromatic heterocycles. The molecule has 1 aromatic rings. The van der Waals surface area contributed by atoms with Crippen molar-refractivity contribution in [3.63, 3.8) is 0 Å². The fraction of sp³-hybridized carbons (Fsp3) is 0.400. The van der Waals surface area contributed by atoms with Gasteiger partial charge in [-0.05, 0) is 17.9 Å². The van der Waals surface area contributed by atoms with Crippen LogP contribution < -0.4 is 0 Å². The second-order valence-corrected chi connectivity index (χ2v) is 2.72. The molecular formula is C10H16. The zero-order valence-electron chi connectivity index (χ0n) is 6.67. The van der Waals surface area contributed by atoms with E-state index in [0.29, 0.717) is 5.92 Å². The Morgan fingerprint density at radius 1 is 1.30 bits per heavy atom. The molecule has 0 aliphatic carbocycles. The molecule has 1 rings (SSSR count). The summed E-state index contributed by atoms with van der Waals surface area (Å²) in [6, 6.07) is 10.6. The van der Waals surface area contributed by atoms with Crippen LogP contribution in [0.1, 0.15) is 33.2 Å². The third-order valence-electron chi connectivity index (χ3n) is 1.98. The van der Waals surface area contributed by atoms with Crippen LogP contribution in [0.2, 0.25) is 0 Å². The van der Waals surface area contributed by atoms with Crippen LogP contribution >= 0.6 is 0 Å². The summed E-state index contributed by atoms with van der Waals surface area (Å²) < 4.78 is 0. The van der Waals surface area contributed by atoms with Gasteiger partial charge in [0.1, 0.15) is 0 Å². The molecule has 0 nitrogen and oxygen atoms in total. The van der Waals surface area contributed by atoms with Crippen LogP contribution in [-0.2, 0) is 0 Å². The summed E-state index contributed by atoms with van der Waals surface area (Å²) in [5.41, 5.74) is 1.45. The Morgan fingerprint density at radius 2 is 1.90 bits per heavy atom. The van der Waals surface area contributed by atoms with Gasteiger partial charge < -0.3 is 0 Å². The lowest BCUT2D eigenvalue weighted by molar-refractivity contribution is 0.733. The summed E-state index contributed by atoms with van der Waals surface area (Å²) in [6.45, 7) is 4.48. The molecule has 10 heavy (non-hydrogen) atoms. The highest BCUT2D eigenvalue weighted by Crippen LogP contribution is 2.16. The van der Waals surface area contributed by atoms with Gasteiger partial charge in [0.05, 0.1) is 0 Å². The predicted octanol–water partition coefficient (Wildman–Crippen LogP) is 3.45. The van der Waals surface area contributed by atoms with Gasteiger partial charge in [-0.15, -0.1) is 0 Å². The highest BCUT2D eigenvalue weighted by atomic mass is 14.0. The van der Waals surface area contributed by atoms with E-state index in [-0.39, 0.29) is 1.43 Å². The number of hydrogen-bond donors (Lipinski definition) is 0. The van der Waals surface area contributed by atoms with Gasteiger partial charge in [0.15, 0.2) is 0 Å². The van der Waals surface area contributed by atoms with E-state index in [2.05, 4.69) is 44.2 Å². The van der Waals surface area contributed by atoms with Gasteiger partial charge in [-0.25, -0.2) is 0 Å². The first-order chi connectivity index (χ1) is 4.84. The van der Waals surface area contributed by atoms with E-state index >= 15 is 0 Å². The van der Waals surface area contributed by atoms with Crippen molar-refractivity contribution >= 4 is 0 Å². The maximum Gasteiger partial charge on any atom is 0 e. The van der Waals surface area contributed by atoms with Crippen molar-refractivity contribution in [1.82, 2.24) is 0 Å². The van der Waals surface area contributed by atoms with Gasteiger partial charge in [0, 0.05) is 1.43 Å². The molecule has 1 aromatic carbocycles. The Labute approximate surface area is 64.4 Å². The average Bonchev–Trinajstić information content (AvgIpc) is 2.05. The van der Waals surface area contributed by atoms with Crippen LogP contribution in [0, 0.1) is 0 Å². The Kier molecular flexibility index (Phi) is 2.49. The van der Waals surface area contributed by atoms with Gasteiger partial charge >= 0.3 is 0 Å². The number of benzene rings is 1. The zero-order chi connectivity index (χ0) is 7.40. The van der Waals surface area contributed by atoms with Crippen molar-refractivity contribution in [2.75, 3.05) is 0 Å². The van der Waals surface area contributed by atoms with E-state index in [1.165, 1.54) is 12.0 Å². The van der Waals surface area contributed by atoms with Gasteiger partial charge in [-0.2, -0.15) is 0 Å². The molecule has 0 saturated heterocycles. The van der Waals surface area contributed by atoms with Crippen molar-refractivity contribution in [3.05, 3.63) is 35.9 Å². The molecule has 0 aliphatic heterocycles. The molecule has 0 radical (unpaired) electrons. The lowest BCUT2D eigenvalue weighted by atomic mass is 9.99. The lowest BCUT2D eigenvalue weighted by Crippen LogP contribution is -1.88. The van der Waals surface area contributed by atoms with Crippen molar-refractivity contribution in [2.24, 2.45) is 0 Å². The third-order valence-corrected chi connectivity index (χ3v) is 1.98. The van der Waals surface area contributed by atoms with E-state index < -0.39 is 0 Å². The minimum atomic E-state index is 0. The van der Waals surface area contributed by atoms with Crippen LogP contribution in [0.25, 0.3) is 0 Å². The van der Waals surface area contributed by atoms with Crippen LogP contribution in [0.4, 0.5) is 0 Å². The highest BCUT2D eigenvalue weighted by molar-refractivity contribution is 5.18. The summed E-state index contributed by atoms with van der Waals surface area (Å²) in [5.74, 6) is 0.709. The van der Waals surface area contributed by atoms with Gasteiger partial charge in [0.2, 0.25) is 0 Å². The van der Waals surface area contributed by atoms with Crippen LogP contribution in [0.5, 0.6) is 0 Å². The molecule has 0 bridgehead atoms. The Hall–Kier alpha value is -0.780. The maximum absolute atomic E-state index is 2.26. The minimum Gasteiger partial charge on any atom is -0.0648 e. The minimum absolute atomic E-state index is 0. The molecule has 0 heteroatoms. The third kappa shape index (κ3) is 1.60. The van der Waals surface area contributed by atoms with Crippen LogP contribution in [-0.4, -0.2) is 0 Å². The van der Waals surface area contributed by atoms with Gasteiger partial charge in [0.25, 0.3) is 0 Å². The summed E-state index contributed by atoms with van der Waals surface area (Å²) in [6.07, 6.45) is 1.23. The SMILES string of the molecule is CCC(C)c1ccccc1.[HH]. The fourth-order valence-electron chi connectivity index (χ4n) is 1.02. The highest BCUT2D eigenvalue weighted by Gasteiger charge is 1.98. The molecule has 0 saturated carbocycles. The van der Waals surface area contributed by atoms with Crippen LogP contribution in [0.15, 0.2) is 30.3 Å². The molecular weight excluding hydrogens is 120 g/mol. The number of hydrogen-bond acceptors (Lipinski definition) is 0. The largest absolute Gasteiger partial charge is 0.0648 e. The van der Waals surface area contributed by atoms with E-state index in [9.17, 15) is 0 Å². The van der Waals surface area contributed by atoms with Gasteiger partial charge in [-0.3, -0.25) is 0 Å². The summed E-state index contributed by atoms with van der Waals surface area (Å²) in [7, 11) is 0. The van der Waals surface area contributed by atoms with Crippen LogP contribution in [0.3, 0.4) is 0 Å².